The molecule has 1 aromatic carbocycles. The van der Waals surface area contributed by atoms with Crippen molar-refractivity contribution in [2.45, 2.75) is 33.6 Å². The maximum atomic E-state index is 13.1. The Labute approximate surface area is 159 Å². The van der Waals surface area contributed by atoms with Crippen molar-refractivity contribution in [2.24, 2.45) is 22.4 Å². The number of benzene rings is 1. The minimum atomic E-state index is -0.558. The van der Waals surface area contributed by atoms with Crippen LogP contribution in [-0.4, -0.2) is 24.2 Å². The lowest BCUT2D eigenvalue weighted by molar-refractivity contribution is -0.135. The Morgan fingerprint density at radius 3 is 2.70 bits per heavy atom. The van der Waals surface area contributed by atoms with E-state index >= 15 is 0 Å². The maximum absolute atomic E-state index is 13.1. The fourth-order valence-corrected chi connectivity index (χ4v) is 4.37. The molecule has 0 aromatic heterocycles. The zero-order valence-corrected chi connectivity index (χ0v) is 15.9. The highest BCUT2D eigenvalue weighted by atomic mass is 16.5. The highest BCUT2D eigenvalue weighted by Crippen LogP contribution is 2.59. The van der Waals surface area contributed by atoms with E-state index in [0.29, 0.717) is 23.1 Å². The van der Waals surface area contributed by atoms with E-state index < -0.39 is 5.97 Å². The van der Waals surface area contributed by atoms with Crippen molar-refractivity contribution in [2.75, 3.05) is 11.6 Å². The number of para-hydroxylation sites is 1. The molecule has 5 nitrogen and oxygen atoms in total. The molecule has 2 atom stereocenters. The highest BCUT2D eigenvalue weighted by Gasteiger charge is 2.51. The summed E-state index contributed by atoms with van der Waals surface area (Å²) in [6.45, 7) is 6.55. The normalized spacial score (nSPS) is 27.1. The number of fused-ring (bicyclic) bond motifs is 1. The first-order valence-electron chi connectivity index (χ1n) is 9.50. The number of hydrazone groups is 1. The molecule has 27 heavy (non-hydrogen) atoms. The highest BCUT2D eigenvalue weighted by molar-refractivity contribution is 6.53. The first kappa shape index (κ1) is 17.7. The number of carbonyl (C=O) groups is 2. The molecular formula is C22H24N2O3. The van der Waals surface area contributed by atoms with E-state index in [1.54, 1.807) is 19.1 Å². The number of hydrogen-bond acceptors (Lipinski definition) is 4. The second-order valence-corrected chi connectivity index (χ2v) is 7.93. The molecule has 5 heteroatoms. The lowest BCUT2D eigenvalue weighted by Gasteiger charge is -2.56. The standard InChI is InChI=1S/C22H24N2O3/c1-4-27-21(26)19-17(12-14-10-11-15-13-18(14)22(15,2)3)20(25)24(23-19)16-8-6-5-7-9-16/h5-10,12,15,18H,4,11,13H2,1-3H3/b17-12+. The molecule has 1 fully saturated rings. The monoisotopic (exact) mass is 364 g/mol. The molecule has 0 N–H and O–H groups in total. The second kappa shape index (κ2) is 6.48. The van der Waals surface area contributed by atoms with Gasteiger partial charge in [-0.05, 0) is 60.8 Å². The molecule has 0 saturated heterocycles. The third-order valence-electron chi connectivity index (χ3n) is 6.17. The van der Waals surface area contributed by atoms with Crippen LogP contribution in [0.15, 0.2) is 58.7 Å². The molecule has 2 unspecified atom stereocenters. The summed E-state index contributed by atoms with van der Waals surface area (Å²) < 4.78 is 5.15. The van der Waals surface area contributed by atoms with Crippen molar-refractivity contribution in [3.63, 3.8) is 0 Å². The quantitative estimate of drug-likeness (QED) is 0.602. The minimum Gasteiger partial charge on any atom is -0.461 e. The van der Waals surface area contributed by atoms with Gasteiger partial charge in [0.25, 0.3) is 5.91 Å². The first-order chi connectivity index (χ1) is 12.9. The molecule has 0 spiro atoms. The molecule has 3 aliphatic carbocycles. The number of rotatable bonds is 4. The topological polar surface area (TPSA) is 59.0 Å². The maximum Gasteiger partial charge on any atom is 0.359 e. The molecule has 4 aliphatic rings. The Kier molecular flexibility index (Phi) is 4.25. The summed E-state index contributed by atoms with van der Waals surface area (Å²) in [5.74, 6) is 0.288. The molecule has 1 saturated carbocycles. The number of allylic oxidation sites excluding steroid dienone is 3. The van der Waals surface area contributed by atoms with Crippen LogP contribution in [0.25, 0.3) is 0 Å². The summed E-state index contributed by atoms with van der Waals surface area (Å²) in [4.78, 5) is 25.5. The van der Waals surface area contributed by atoms with Crippen LogP contribution >= 0.6 is 0 Å². The summed E-state index contributed by atoms with van der Waals surface area (Å²) in [7, 11) is 0. The smallest absolute Gasteiger partial charge is 0.359 e. The summed E-state index contributed by atoms with van der Waals surface area (Å²) >= 11 is 0. The van der Waals surface area contributed by atoms with Gasteiger partial charge in [0.05, 0.1) is 17.9 Å². The molecule has 5 rings (SSSR count). The van der Waals surface area contributed by atoms with E-state index in [4.69, 9.17) is 4.74 Å². The van der Waals surface area contributed by atoms with Gasteiger partial charge in [0.2, 0.25) is 0 Å². The number of ether oxygens (including phenoxy) is 1. The molecule has 1 amide bonds. The Balaban J connectivity index is 1.72. The molecule has 140 valence electrons. The van der Waals surface area contributed by atoms with Gasteiger partial charge in [-0.25, -0.2) is 4.79 Å². The Morgan fingerprint density at radius 2 is 2.07 bits per heavy atom. The predicted molar refractivity (Wildman–Crippen MR) is 104 cm³/mol. The SMILES string of the molecule is CCOC(=O)C1=NN(c2ccccc2)C(=O)/C1=C/C1=CCC2CC1C2(C)C. The Hall–Kier alpha value is -2.69. The minimum absolute atomic E-state index is 0.0888. The number of hydrogen-bond donors (Lipinski definition) is 0. The fraction of sp³-hybridized carbons (Fsp3) is 0.409. The zero-order valence-electron chi connectivity index (χ0n) is 15.9. The van der Waals surface area contributed by atoms with E-state index in [1.165, 1.54) is 5.01 Å². The van der Waals surface area contributed by atoms with Crippen molar-refractivity contribution in [1.29, 1.82) is 0 Å². The van der Waals surface area contributed by atoms with Crippen molar-refractivity contribution in [3.8, 4) is 0 Å². The largest absolute Gasteiger partial charge is 0.461 e. The zero-order chi connectivity index (χ0) is 19.2. The van der Waals surface area contributed by atoms with Crippen LogP contribution in [0, 0.1) is 17.3 Å². The number of esters is 1. The summed E-state index contributed by atoms with van der Waals surface area (Å²) in [5, 5.41) is 5.60. The van der Waals surface area contributed by atoms with Crippen LogP contribution in [0.1, 0.15) is 33.6 Å². The van der Waals surface area contributed by atoms with Gasteiger partial charge >= 0.3 is 5.97 Å². The van der Waals surface area contributed by atoms with E-state index in [0.717, 1.165) is 18.4 Å². The number of nitrogens with zero attached hydrogens (tertiary/aromatic N) is 2. The van der Waals surface area contributed by atoms with E-state index in [2.05, 4.69) is 25.0 Å². The van der Waals surface area contributed by atoms with Crippen LogP contribution in [-0.2, 0) is 14.3 Å². The molecule has 0 radical (unpaired) electrons. The molecule has 1 aliphatic heterocycles. The number of carbonyl (C=O) groups excluding carboxylic acids is 2. The van der Waals surface area contributed by atoms with Gasteiger partial charge in [0.15, 0.2) is 5.71 Å². The van der Waals surface area contributed by atoms with E-state index in [1.807, 2.05) is 24.3 Å². The average Bonchev–Trinajstić information content (AvgIpc) is 2.99. The van der Waals surface area contributed by atoms with Gasteiger partial charge in [-0.2, -0.15) is 10.1 Å². The Bertz CT molecular complexity index is 880. The van der Waals surface area contributed by atoms with Crippen LogP contribution in [0.2, 0.25) is 0 Å². The first-order valence-corrected chi connectivity index (χ1v) is 9.50. The van der Waals surface area contributed by atoms with Crippen molar-refractivity contribution < 1.29 is 14.3 Å². The summed E-state index contributed by atoms with van der Waals surface area (Å²) in [6, 6.07) is 9.15. The predicted octanol–water partition coefficient (Wildman–Crippen LogP) is 3.87. The Morgan fingerprint density at radius 1 is 1.33 bits per heavy atom. The van der Waals surface area contributed by atoms with Crippen LogP contribution in [0.4, 0.5) is 5.69 Å². The van der Waals surface area contributed by atoms with Gasteiger partial charge in [-0.1, -0.05) is 38.1 Å². The molecule has 1 aromatic rings. The van der Waals surface area contributed by atoms with Crippen LogP contribution < -0.4 is 5.01 Å². The van der Waals surface area contributed by atoms with Crippen molar-refractivity contribution in [1.82, 2.24) is 0 Å². The van der Waals surface area contributed by atoms with Gasteiger partial charge in [0.1, 0.15) is 0 Å². The summed E-state index contributed by atoms with van der Waals surface area (Å²) in [5.41, 5.74) is 2.42. The number of anilines is 1. The average molecular weight is 364 g/mol. The van der Waals surface area contributed by atoms with Crippen molar-refractivity contribution >= 4 is 23.3 Å². The lowest BCUT2D eigenvalue weighted by atomic mass is 9.49. The van der Waals surface area contributed by atoms with Gasteiger partial charge in [0, 0.05) is 0 Å². The van der Waals surface area contributed by atoms with Gasteiger partial charge in [-0.3, -0.25) is 4.79 Å². The summed E-state index contributed by atoms with van der Waals surface area (Å²) in [6.07, 6.45) is 6.23. The lowest BCUT2D eigenvalue weighted by Crippen LogP contribution is -2.47. The third-order valence-corrected chi connectivity index (χ3v) is 6.17. The molecule has 1 heterocycles. The third kappa shape index (κ3) is 2.82. The fourth-order valence-electron chi connectivity index (χ4n) is 4.37. The van der Waals surface area contributed by atoms with Gasteiger partial charge in [-0.15, -0.1) is 0 Å². The molecular weight excluding hydrogens is 340 g/mol. The van der Waals surface area contributed by atoms with Crippen LogP contribution in [0.3, 0.4) is 0 Å². The number of amides is 1. The van der Waals surface area contributed by atoms with E-state index in [-0.39, 0.29) is 23.6 Å². The van der Waals surface area contributed by atoms with Gasteiger partial charge < -0.3 is 4.74 Å². The van der Waals surface area contributed by atoms with E-state index in [9.17, 15) is 9.59 Å². The van der Waals surface area contributed by atoms with Crippen LogP contribution in [0.5, 0.6) is 0 Å². The second-order valence-electron chi connectivity index (χ2n) is 7.93. The molecule has 2 bridgehead atoms. The van der Waals surface area contributed by atoms with Crippen molar-refractivity contribution in [3.05, 3.63) is 53.6 Å².